The molecule has 1 aliphatic heterocycles. The molecular weight excluding hydrogens is 250 g/mol. The van der Waals surface area contributed by atoms with E-state index in [1.54, 1.807) is 7.11 Å². The number of fused-ring (bicyclic) bond motifs is 1. The maximum absolute atomic E-state index is 5.15. The molecule has 1 aliphatic rings. The van der Waals surface area contributed by atoms with Gasteiger partial charge in [-0.05, 0) is 35.0 Å². The van der Waals surface area contributed by atoms with E-state index < -0.39 is 0 Å². The van der Waals surface area contributed by atoms with Gasteiger partial charge in [0.2, 0.25) is 0 Å². The topological polar surface area (TPSA) is 46.2 Å². The number of hydrogen-bond acceptors (Lipinski definition) is 4. The summed E-state index contributed by atoms with van der Waals surface area (Å²) in [5.74, 6) is 1.75. The van der Waals surface area contributed by atoms with E-state index in [0.717, 1.165) is 30.0 Å². The Morgan fingerprint density at radius 2 is 2.05 bits per heavy atom. The van der Waals surface area contributed by atoms with Gasteiger partial charge in [-0.3, -0.25) is 0 Å². The third-order valence-electron chi connectivity index (χ3n) is 3.27. The number of rotatable bonds is 4. The number of anilines is 1. The van der Waals surface area contributed by atoms with E-state index in [-0.39, 0.29) is 0 Å². The molecule has 0 amide bonds. The average Bonchev–Trinajstić information content (AvgIpc) is 2.53. The van der Waals surface area contributed by atoms with Gasteiger partial charge in [0.15, 0.2) is 0 Å². The molecule has 1 aromatic heterocycles. The van der Waals surface area contributed by atoms with Gasteiger partial charge >= 0.3 is 0 Å². The van der Waals surface area contributed by atoms with Crippen LogP contribution < -0.4 is 25.9 Å². The van der Waals surface area contributed by atoms with Gasteiger partial charge in [0.05, 0.1) is 12.5 Å². The largest absolute Gasteiger partial charge is 0.497 e. The summed E-state index contributed by atoms with van der Waals surface area (Å²) in [5.41, 5.74) is 1.19. The zero-order valence-corrected chi connectivity index (χ0v) is 11.4. The van der Waals surface area contributed by atoms with Crippen LogP contribution in [0.3, 0.4) is 0 Å². The maximum Gasteiger partial charge on any atom is 0.126 e. The van der Waals surface area contributed by atoms with Gasteiger partial charge < -0.3 is 15.4 Å². The Morgan fingerprint density at radius 1 is 1.20 bits per heavy atom. The van der Waals surface area contributed by atoms with Crippen molar-refractivity contribution in [1.82, 2.24) is 10.3 Å². The van der Waals surface area contributed by atoms with Crippen LogP contribution in [0.5, 0.6) is 5.75 Å². The van der Waals surface area contributed by atoms with Crippen molar-refractivity contribution in [1.29, 1.82) is 0 Å². The fraction of sp³-hybridized carbons (Fsp3) is 0.188. The molecule has 1 aromatic carbocycles. The van der Waals surface area contributed by atoms with Gasteiger partial charge in [0.1, 0.15) is 11.6 Å². The molecule has 102 valence electrons. The summed E-state index contributed by atoms with van der Waals surface area (Å²) in [5, 5.41) is 8.67. The normalized spacial score (nSPS) is 12.4. The van der Waals surface area contributed by atoms with E-state index in [2.05, 4.69) is 27.8 Å². The number of pyridine rings is 1. The Balaban J connectivity index is 1.72. The quantitative estimate of drug-likeness (QED) is 0.861. The van der Waals surface area contributed by atoms with E-state index in [1.165, 1.54) is 10.8 Å². The van der Waals surface area contributed by atoms with Crippen LogP contribution in [0.4, 0.5) is 5.82 Å². The van der Waals surface area contributed by atoms with Gasteiger partial charge in [-0.2, -0.15) is 0 Å². The van der Waals surface area contributed by atoms with Crippen LogP contribution in [-0.2, 0) is 6.54 Å². The van der Waals surface area contributed by atoms with Crippen LogP contribution >= 0.6 is 0 Å². The number of methoxy groups -OCH3 is 1. The Morgan fingerprint density at radius 3 is 2.85 bits per heavy atom. The molecule has 0 unspecified atom stereocenters. The molecule has 2 N–H and O–H groups in total. The van der Waals surface area contributed by atoms with Gasteiger partial charge in [0, 0.05) is 19.3 Å². The Labute approximate surface area is 117 Å². The van der Waals surface area contributed by atoms with Crippen molar-refractivity contribution < 1.29 is 4.74 Å². The number of hydrogen-bond donors (Lipinski definition) is 2. The van der Waals surface area contributed by atoms with Crippen LogP contribution in [0.15, 0.2) is 36.4 Å². The van der Waals surface area contributed by atoms with E-state index in [0.29, 0.717) is 0 Å². The minimum Gasteiger partial charge on any atom is -0.497 e. The van der Waals surface area contributed by atoms with Gasteiger partial charge in [0.25, 0.3) is 0 Å². The average molecular weight is 267 g/mol. The third kappa shape index (κ3) is 2.74. The minimum absolute atomic E-state index is 0.743. The molecule has 0 bridgehead atoms. The lowest BCUT2D eigenvalue weighted by atomic mass is 10.2. The second-order valence-corrected chi connectivity index (χ2v) is 4.63. The molecule has 2 aromatic rings. The molecule has 4 heteroatoms. The molecule has 0 atom stereocenters. The summed E-state index contributed by atoms with van der Waals surface area (Å²) in [6.07, 6.45) is 4.09. The molecule has 0 spiro atoms. The summed E-state index contributed by atoms with van der Waals surface area (Å²) in [4.78, 5) is 4.58. The van der Waals surface area contributed by atoms with E-state index in [1.807, 2.05) is 36.5 Å². The fourth-order valence-corrected chi connectivity index (χ4v) is 2.13. The summed E-state index contributed by atoms with van der Waals surface area (Å²) < 4.78 is 5.15. The first kappa shape index (κ1) is 12.5. The zero-order chi connectivity index (χ0) is 13.8. The van der Waals surface area contributed by atoms with Crippen molar-refractivity contribution in [2.75, 3.05) is 19.0 Å². The van der Waals surface area contributed by atoms with E-state index >= 15 is 0 Å². The highest BCUT2D eigenvalue weighted by Crippen LogP contribution is 2.12. The number of ether oxygens (including phenoxy) is 1. The summed E-state index contributed by atoms with van der Waals surface area (Å²) in [6, 6.07) is 12.1. The highest BCUT2D eigenvalue weighted by atomic mass is 16.5. The molecule has 20 heavy (non-hydrogen) atoms. The molecule has 0 saturated heterocycles. The second kappa shape index (κ2) is 5.65. The highest BCUT2D eigenvalue weighted by Gasteiger charge is 1.99. The van der Waals surface area contributed by atoms with Crippen LogP contribution in [-0.4, -0.2) is 18.6 Å². The van der Waals surface area contributed by atoms with Gasteiger partial charge in [-0.1, -0.05) is 18.2 Å². The van der Waals surface area contributed by atoms with E-state index in [9.17, 15) is 0 Å². The first-order valence-corrected chi connectivity index (χ1v) is 6.63. The molecule has 3 rings (SSSR count). The molecule has 0 radical (unpaired) electrons. The minimum atomic E-state index is 0.743. The fourth-order valence-electron chi connectivity index (χ4n) is 2.13. The van der Waals surface area contributed by atoms with Crippen LogP contribution in [0.25, 0.3) is 12.3 Å². The van der Waals surface area contributed by atoms with Crippen LogP contribution in [0.2, 0.25) is 0 Å². The lowest BCUT2D eigenvalue weighted by Crippen LogP contribution is -2.35. The lowest BCUT2D eigenvalue weighted by molar-refractivity contribution is 0.414. The molecule has 0 aliphatic carbocycles. The molecule has 4 nitrogen and oxygen atoms in total. The molecular formula is C16H17N3O. The van der Waals surface area contributed by atoms with Crippen molar-refractivity contribution in [2.24, 2.45) is 0 Å². The predicted octanol–water partition coefficient (Wildman–Crippen LogP) is 0.824. The van der Waals surface area contributed by atoms with Crippen molar-refractivity contribution in [3.8, 4) is 5.75 Å². The van der Waals surface area contributed by atoms with Gasteiger partial charge in [-0.25, -0.2) is 4.98 Å². The predicted molar refractivity (Wildman–Crippen MR) is 80.7 cm³/mol. The van der Waals surface area contributed by atoms with Crippen LogP contribution in [0.1, 0.15) is 5.56 Å². The number of nitrogens with one attached hydrogen (secondary N) is 2. The smallest absolute Gasteiger partial charge is 0.126 e. The Hall–Kier alpha value is -2.49. The first-order chi connectivity index (χ1) is 9.85. The molecule has 0 saturated carbocycles. The number of benzene rings is 1. The number of aromatic nitrogens is 1. The highest BCUT2D eigenvalue weighted by molar-refractivity contribution is 5.42. The lowest BCUT2D eigenvalue weighted by Gasteiger charge is -2.08. The third-order valence-corrected chi connectivity index (χ3v) is 3.27. The van der Waals surface area contributed by atoms with Gasteiger partial charge in [-0.15, -0.1) is 0 Å². The number of nitrogens with zero attached hydrogens (tertiary/aromatic N) is 1. The molecule has 0 fully saturated rings. The summed E-state index contributed by atoms with van der Waals surface area (Å²) in [6.45, 7) is 1.61. The van der Waals surface area contributed by atoms with Crippen molar-refractivity contribution in [3.63, 3.8) is 0 Å². The first-order valence-electron chi connectivity index (χ1n) is 6.63. The maximum atomic E-state index is 5.15. The van der Waals surface area contributed by atoms with Crippen molar-refractivity contribution in [3.05, 3.63) is 52.5 Å². The summed E-state index contributed by atoms with van der Waals surface area (Å²) >= 11 is 0. The Kier molecular flexibility index (Phi) is 3.54. The standard InChI is InChI=1S/C16H17N3O/c1-20-14-5-2-12(3-6-14)10-18-16-7-4-13-8-9-17-11-15(13)19-16/h2-8,11,17H,9-10H2,1H3,(H,18,19). The zero-order valence-electron chi connectivity index (χ0n) is 11.4. The Bertz CT molecular complexity index is 707. The SMILES string of the molecule is COc1ccc(CNc2ccc3c(n2)=CNCC=3)cc1. The van der Waals surface area contributed by atoms with Crippen molar-refractivity contribution >= 4 is 18.1 Å². The monoisotopic (exact) mass is 267 g/mol. The second-order valence-electron chi connectivity index (χ2n) is 4.63. The van der Waals surface area contributed by atoms with Crippen molar-refractivity contribution in [2.45, 2.75) is 6.54 Å². The summed E-state index contributed by atoms with van der Waals surface area (Å²) in [7, 11) is 1.67. The van der Waals surface area contributed by atoms with Crippen LogP contribution in [0, 0.1) is 0 Å². The molecule has 2 heterocycles. The van der Waals surface area contributed by atoms with E-state index in [4.69, 9.17) is 4.74 Å².